The van der Waals surface area contributed by atoms with Crippen molar-refractivity contribution < 1.29 is 14.3 Å². The van der Waals surface area contributed by atoms with E-state index in [1.165, 1.54) is 10.5 Å². The number of thioether (sulfide) groups is 1. The molecule has 0 aliphatic carbocycles. The van der Waals surface area contributed by atoms with Gasteiger partial charge in [0.2, 0.25) is 0 Å². The van der Waals surface area contributed by atoms with Gasteiger partial charge in [0.05, 0.1) is 6.04 Å². The number of hydrogen-bond acceptors (Lipinski definition) is 4. The molecule has 0 bridgehead atoms. The summed E-state index contributed by atoms with van der Waals surface area (Å²) in [6.45, 7) is 9.21. The Morgan fingerprint density at radius 3 is 2.36 bits per heavy atom. The molecule has 0 spiro atoms. The Morgan fingerprint density at radius 1 is 1.32 bits per heavy atom. The lowest BCUT2D eigenvalue weighted by atomic mass is 10.2. The molecule has 1 amide bonds. The van der Waals surface area contributed by atoms with Gasteiger partial charge in [-0.25, -0.2) is 4.79 Å². The van der Waals surface area contributed by atoms with Crippen LogP contribution in [0.1, 0.15) is 40.2 Å². The zero-order valence-corrected chi connectivity index (χ0v) is 14.8. The summed E-state index contributed by atoms with van der Waals surface area (Å²) in [5.74, 6) is 2.00. The molecule has 0 saturated carbocycles. The molecule has 5 heteroatoms. The molecule has 22 heavy (non-hydrogen) atoms. The number of ether oxygens (including phenoxy) is 1. The van der Waals surface area contributed by atoms with Gasteiger partial charge in [-0.05, 0) is 51.1 Å². The Hall–Kier alpha value is -1.49. The molecule has 0 radical (unpaired) electrons. The van der Waals surface area contributed by atoms with Crippen molar-refractivity contribution in [2.24, 2.45) is 0 Å². The van der Waals surface area contributed by atoms with Crippen molar-refractivity contribution in [2.75, 3.05) is 10.7 Å². The van der Waals surface area contributed by atoms with E-state index in [2.05, 4.69) is 6.92 Å². The summed E-state index contributed by atoms with van der Waals surface area (Å²) in [6.07, 6.45) is 0.230. The minimum absolute atomic E-state index is 0.511. The highest BCUT2D eigenvalue weighted by atomic mass is 32.2. The summed E-state index contributed by atoms with van der Waals surface area (Å²) in [7, 11) is 0. The fourth-order valence-electron chi connectivity index (χ4n) is 1.85. The number of nitrogens with zero attached hydrogens (tertiary/aromatic N) is 1. The highest BCUT2D eigenvalue weighted by Gasteiger charge is 2.27. The second-order valence-corrected chi connectivity index (χ2v) is 7.30. The number of carbonyl (C=O) groups is 2. The van der Waals surface area contributed by atoms with E-state index in [9.17, 15) is 9.59 Å². The van der Waals surface area contributed by atoms with E-state index in [1.54, 1.807) is 27.7 Å². The van der Waals surface area contributed by atoms with Crippen molar-refractivity contribution in [3.63, 3.8) is 0 Å². The SMILES string of the molecule is CCSCc1ccc(N(C(=O)OC(C)(C)C)C(C)C=O)cc1. The molecular weight excluding hydrogens is 298 g/mol. The minimum atomic E-state index is -0.602. The van der Waals surface area contributed by atoms with Crippen molar-refractivity contribution in [3.8, 4) is 0 Å². The van der Waals surface area contributed by atoms with E-state index in [0.717, 1.165) is 17.8 Å². The van der Waals surface area contributed by atoms with Crippen molar-refractivity contribution in [1.82, 2.24) is 0 Å². The molecule has 1 aromatic rings. The van der Waals surface area contributed by atoms with Crippen LogP contribution in [0.5, 0.6) is 0 Å². The Bertz CT molecular complexity index is 494. The normalized spacial score (nSPS) is 12.6. The van der Waals surface area contributed by atoms with Crippen molar-refractivity contribution >= 4 is 29.8 Å². The maximum Gasteiger partial charge on any atom is 0.415 e. The smallest absolute Gasteiger partial charge is 0.415 e. The van der Waals surface area contributed by atoms with E-state index >= 15 is 0 Å². The predicted molar refractivity (Wildman–Crippen MR) is 92.5 cm³/mol. The lowest BCUT2D eigenvalue weighted by molar-refractivity contribution is -0.108. The van der Waals surface area contributed by atoms with Gasteiger partial charge in [0, 0.05) is 11.4 Å². The molecule has 0 aliphatic rings. The fourth-order valence-corrected chi connectivity index (χ4v) is 2.48. The quantitative estimate of drug-likeness (QED) is 0.734. The third kappa shape index (κ3) is 5.72. The highest BCUT2D eigenvalue weighted by molar-refractivity contribution is 7.98. The van der Waals surface area contributed by atoms with Gasteiger partial charge < -0.3 is 9.53 Å². The molecule has 0 heterocycles. The van der Waals surface area contributed by atoms with Gasteiger partial charge >= 0.3 is 6.09 Å². The zero-order chi connectivity index (χ0) is 16.8. The van der Waals surface area contributed by atoms with E-state index < -0.39 is 17.7 Å². The first-order valence-electron chi connectivity index (χ1n) is 7.42. The highest BCUT2D eigenvalue weighted by Crippen LogP contribution is 2.22. The largest absolute Gasteiger partial charge is 0.443 e. The Balaban J connectivity index is 2.97. The first-order valence-corrected chi connectivity index (χ1v) is 8.58. The monoisotopic (exact) mass is 323 g/mol. The molecule has 0 N–H and O–H groups in total. The average molecular weight is 323 g/mol. The van der Waals surface area contributed by atoms with Gasteiger partial charge in [0.25, 0.3) is 0 Å². The molecule has 0 saturated heterocycles. The summed E-state index contributed by atoms with van der Waals surface area (Å²) in [5.41, 5.74) is 1.26. The minimum Gasteiger partial charge on any atom is -0.443 e. The molecule has 1 unspecified atom stereocenters. The predicted octanol–water partition coefficient (Wildman–Crippen LogP) is 4.27. The summed E-state index contributed by atoms with van der Waals surface area (Å²) < 4.78 is 5.40. The third-order valence-electron chi connectivity index (χ3n) is 2.88. The number of anilines is 1. The number of carbonyl (C=O) groups excluding carboxylic acids is 2. The van der Waals surface area contributed by atoms with E-state index in [-0.39, 0.29) is 0 Å². The van der Waals surface area contributed by atoms with Gasteiger partial charge in [0.15, 0.2) is 0 Å². The van der Waals surface area contributed by atoms with Gasteiger partial charge in [-0.15, -0.1) is 0 Å². The standard InChI is InChI=1S/C17H25NO3S/c1-6-22-12-14-7-9-15(10-8-14)18(13(2)11-19)16(20)21-17(3,4)5/h7-11,13H,6,12H2,1-5H3. The van der Waals surface area contributed by atoms with Crippen LogP contribution in [0.3, 0.4) is 0 Å². The Morgan fingerprint density at radius 2 is 1.91 bits per heavy atom. The molecule has 1 atom stereocenters. The van der Waals surface area contributed by atoms with Crippen LogP contribution in [0, 0.1) is 0 Å². The number of aldehydes is 1. The van der Waals surface area contributed by atoms with Crippen LogP contribution < -0.4 is 4.90 Å². The van der Waals surface area contributed by atoms with Crippen LogP contribution in [0.25, 0.3) is 0 Å². The number of hydrogen-bond donors (Lipinski definition) is 0. The third-order valence-corrected chi connectivity index (χ3v) is 3.83. The summed E-state index contributed by atoms with van der Waals surface area (Å²) in [5, 5.41) is 0. The van der Waals surface area contributed by atoms with Crippen LogP contribution in [-0.4, -0.2) is 29.8 Å². The number of amides is 1. The summed E-state index contributed by atoms with van der Waals surface area (Å²) in [4.78, 5) is 24.9. The van der Waals surface area contributed by atoms with Crippen LogP contribution in [0.2, 0.25) is 0 Å². The van der Waals surface area contributed by atoms with E-state index in [1.807, 2.05) is 36.0 Å². The van der Waals surface area contributed by atoms with Gasteiger partial charge in [-0.3, -0.25) is 4.90 Å². The topological polar surface area (TPSA) is 46.6 Å². The molecule has 0 aromatic heterocycles. The maximum absolute atomic E-state index is 12.4. The van der Waals surface area contributed by atoms with Crippen molar-refractivity contribution in [3.05, 3.63) is 29.8 Å². The van der Waals surface area contributed by atoms with E-state index in [0.29, 0.717) is 5.69 Å². The van der Waals surface area contributed by atoms with Crippen molar-refractivity contribution in [1.29, 1.82) is 0 Å². The molecule has 0 aliphatic heterocycles. The summed E-state index contributed by atoms with van der Waals surface area (Å²) in [6, 6.07) is 7.09. The molecular formula is C17H25NO3S. The number of rotatable bonds is 6. The molecule has 122 valence electrons. The average Bonchev–Trinajstić information content (AvgIpc) is 2.44. The Kier molecular flexibility index (Phi) is 6.94. The van der Waals surface area contributed by atoms with Crippen LogP contribution in [0.4, 0.5) is 10.5 Å². The van der Waals surface area contributed by atoms with Crippen LogP contribution >= 0.6 is 11.8 Å². The zero-order valence-electron chi connectivity index (χ0n) is 14.0. The molecule has 1 rings (SSSR count). The van der Waals surface area contributed by atoms with Crippen molar-refractivity contribution in [2.45, 2.75) is 52.0 Å². The van der Waals surface area contributed by atoms with Gasteiger partial charge in [-0.1, -0.05) is 19.1 Å². The fraction of sp³-hybridized carbons (Fsp3) is 0.529. The summed E-state index contributed by atoms with van der Waals surface area (Å²) >= 11 is 1.84. The first-order chi connectivity index (χ1) is 10.3. The van der Waals surface area contributed by atoms with Crippen LogP contribution in [-0.2, 0) is 15.3 Å². The second-order valence-electron chi connectivity index (χ2n) is 6.03. The van der Waals surface area contributed by atoms with Crippen LogP contribution in [0.15, 0.2) is 24.3 Å². The Labute approximate surface area is 137 Å². The molecule has 0 fully saturated rings. The molecule has 4 nitrogen and oxygen atoms in total. The number of benzene rings is 1. The first kappa shape index (κ1) is 18.6. The van der Waals surface area contributed by atoms with Gasteiger partial charge in [0.1, 0.15) is 11.9 Å². The maximum atomic E-state index is 12.4. The lowest BCUT2D eigenvalue weighted by Gasteiger charge is -2.29. The van der Waals surface area contributed by atoms with E-state index in [4.69, 9.17) is 4.74 Å². The van der Waals surface area contributed by atoms with Gasteiger partial charge in [-0.2, -0.15) is 11.8 Å². The molecule has 1 aromatic carbocycles. The lowest BCUT2D eigenvalue weighted by Crippen LogP contribution is -2.43. The second kappa shape index (κ2) is 8.22.